The summed E-state index contributed by atoms with van der Waals surface area (Å²) in [6.07, 6.45) is -0.504. The number of benzene rings is 1. The molecule has 2 heteroatoms. The lowest BCUT2D eigenvalue weighted by molar-refractivity contribution is 0.0920. The third-order valence-corrected chi connectivity index (χ3v) is 2.76. The largest absolute Gasteiger partial charge is 0.388 e. The average Bonchev–Trinajstić information content (AvgIpc) is 2.16. The normalized spacial score (nSPS) is 15.6. The zero-order valence-corrected chi connectivity index (χ0v) is 8.87. The van der Waals surface area contributed by atoms with Crippen LogP contribution in [0.15, 0.2) is 24.3 Å². The molecule has 0 heterocycles. The number of halogens is 1. The minimum Gasteiger partial charge on any atom is -0.388 e. The maximum absolute atomic E-state index is 12.6. The van der Waals surface area contributed by atoms with Crippen LogP contribution in [-0.2, 0) is 0 Å². The van der Waals surface area contributed by atoms with Crippen LogP contribution in [0.2, 0.25) is 0 Å². The van der Waals surface area contributed by atoms with Crippen molar-refractivity contribution in [2.45, 2.75) is 26.9 Å². The molecule has 0 bridgehead atoms. The molecule has 0 saturated heterocycles. The molecule has 0 saturated carbocycles. The topological polar surface area (TPSA) is 20.2 Å². The van der Waals surface area contributed by atoms with Crippen LogP contribution < -0.4 is 0 Å². The summed E-state index contributed by atoms with van der Waals surface area (Å²) in [5, 5.41) is 9.93. The lowest BCUT2D eigenvalue weighted by atomic mass is 9.88. The summed E-state index contributed by atoms with van der Waals surface area (Å²) in [4.78, 5) is 0. The number of hydrogen-bond donors (Lipinski definition) is 1. The molecule has 0 aliphatic heterocycles. The summed E-state index contributed by atoms with van der Waals surface area (Å²) >= 11 is 0. The molecule has 0 amide bonds. The fraction of sp³-hybridized carbons (Fsp3) is 0.500. The highest BCUT2D eigenvalue weighted by Crippen LogP contribution is 2.27. The Hall–Kier alpha value is -0.890. The van der Waals surface area contributed by atoms with E-state index in [0.29, 0.717) is 5.92 Å². The fourth-order valence-electron chi connectivity index (χ4n) is 1.33. The first-order chi connectivity index (χ1) is 6.52. The minimum atomic E-state index is -0.504. The SMILES string of the molecule is CC(C)C(C)C(O)c1ccc(F)cc1. The Morgan fingerprint density at radius 3 is 2.00 bits per heavy atom. The molecular weight excluding hydrogens is 179 g/mol. The Balaban J connectivity index is 2.78. The second kappa shape index (κ2) is 4.56. The van der Waals surface area contributed by atoms with Crippen molar-refractivity contribution in [2.24, 2.45) is 11.8 Å². The first-order valence-electron chi connectivity index (χ1n) is 4.96. The molecule has 0 fully saturated rings. The van der Waals surface area contributed by atoms with Gasteiger partial charge in [-0.25, -0.2) is 4.39 Å². The summed E-state index contributed by atoms with van der Waals surface area (Å²) < 4.78 is 12.6. The first kappa shape index (κ1) is 11.2. The smallest absolute Gasteiger partial charge is 0.123 e. The summed E-state index contributed by atoms with van der Waals surface area (Å²) in [6.45, 7) is 6.13. The Labute approximate surface area is 84.6 Å². The third kappa shape index (κ3) is 2.55. The Morgan fingerprint density at radius 1 is 1.07 bits per heavy atom. The predicted molar refractivity (Wildman–Crippen MR) is 55.4 cm³/mol. The van der Waals surface area contributed by atoms with Crippen LogP contribution in [0.5, 0.6) is 0 Å². The molecule has 1 N–H and O–H groups in total. The lowest BCUT2D eigenvalue weighted by Gasteiger charge is -2.22. The van der Waals surface area contributed by atoms with E-state index in [9.17, 15) is 9.50 Å². The summed E-state index contributed by atoms with van der Waals surface area (Å²) in [5.41, 5.74) is 0.785. The molecule has 0 radical (unpaired) electrons. The van der Waals surface area contributed by atoms with E-state index in [1.165, 1.54) is 12.1 Å². The van der Waals surface area contributed by atoms with Crippen molar-refractivity contribution in [3.63, 3.8) is 0 Å². The minimum absolute atomic E-state index is 0.181. The lowest BCUT2D eigenvalue weighted by Crippen LogP contribution is -2.14. The van der Waals surface area contributed by atoms with Crippen molar-refractivity contribution in [2.75, 3.05) is 0 Å². The van der Waals surface area contributed by atoms with Crippen LogP contribution in [-0.4, -0.2) is 5.11 Å². The molecule has 78 valence electrons. The number of aliphatic hydroxyl groups excluding tert-OH is 1. The quantitative estimate of drug-likeness (QED) is 0.787. The summed E-state index contributed by atoms with van der Waals surface area (Å²) in [5.74, 6) is 0.327. The van der Waals surface area contributed by atoms with Crippen molar-refractivity contribution >= 4 is 0 Å². The zero-order chi connectivity index (χ0) is 10.7. The molecule has 1 rings (SSSR count). The van der Waals surface area contributed by atoms with Gasteiger partial charge >= 0.3 is 0 Å². The van der Waals surface area contributed by atoms with Gasteiger partial charge in [0.25, 0.3) is 0 Å². The van der Waals surface area contributed by atoms with Gasteiger partial charge in [-0.2, -0.15) is 0 Å². The zero-order valence-electron chi connectivity index (χ0n) is 8.87. The fourth-order valence-corrected chi connectivity index (χ4v) is 1.33. The number of rotatable bonds is 3. The van der Waals surface area contributed by atoms with Gasteiger partial charge in [-0.15, -0.1) is 0 Å². The average molecular weight is 196 g/mol. The van der Waals surface area contributed by atoms with Gasteiger partial charge in [-0.1, -0.05) is 32.9 Å². The maximum atomic E-state index is 12.6. The number of aliphatic hydroxyl groups is 1. The molecule has 0 spiro atoms. The van der Waals surface area contributed by atoms with Crippen LogP contribution in [0, 0.1) is 17.7 Å². The van der Waals surface area contributed by atoms with Crippen molar-refractivity contribution in [1.29, 1.82) is 0 Å². The van der Waals surface area contributed by atoms with E-state index in [2.05, 4.69) is 13.8 Å². The van der Waals surface area contributed by atoms with E-state index in [1.54, 1.807) is 12.1 Å². The maximum Gasteiger partial charge on any atom is 0.123 e. The Morgan fingerprint density at radius 2 is 1.57 bits per heavy atom. The molecule has 1 aromatic rings. The van der Waals surface area contributed by atoms with Gasteiger partial charge in [-0.3, -0.25) is 0 Å². The molecule has 2 atom stereocenters. The molecule has 2 unspecified atom stereocenters. The summed E-state index contributed by atoms with van der Waals surface area (Å²) in [6, 6.07) is 6.04. The second-order valence-corrected chi connectivity index (χ2v) is 4.10. The van der Waals surface area contributed by atoms with Gasteiger partial charge in [0.05, 0.1) is 6.10 Å². The molecule has 1 nitrogen and oxygen atoms in total. The van der Waals surface area contributed by atoms with E-state index in [1.807, 2.05) is 6.92 Å². The molecule has 0 aliphatic rings. The van der Waals surface area contributed by atoms with Gasteiger partial charge < -0.3 is 5.11 Å². The molecule has 0 aromatic heterocycles. The van der Waals surface area contributed by atoms with Crippen molar-refractivity contribution < 1.29 is 9.50 Å². The highest BCUT2D eigenvalue weighted by molar-refractivity contribution is 5.19. The highest BCUT2D eigenvalue weighted by Gasteiger charge is 2.18. The Bertz CT molecular complexity index is 279. The van der Waals surface area contributed by atoms with E-state index in [0.717, 1.165) is 5.56 Å². The van der Waals surface area contributed by atoms with Crippen LogP contribution in [0.1, 0.15) is 32.4 Å². The van der Waals surface area contributed by atoms with Crippen molar-refractivity contribution in [3.05, 3.63) is 35.6 Å². The van der Waals surface area contributed by atoms with Gasteiger partial charge in [0, 0.05) is 0 Å². The monoisotopic (exact) mass is 196 g/mol. The van der Waals surface area contributed by atoms with Crippen molar-refractivity contribution in [3.8, 4) is 0 Å². The van der Waals surface area contributed by atoms with Gasteiger partial charge in [0.1, 0.15) is 5.82 Å². The van der Waals surface area contributed by atoms with Crippen LogP contribution in [0.3, 0.4) is 0 Å². The standard InChI is InChI=1S/C12H17FO/c1-8(2)9(3)12(14)10-4-6-11(13)7-5-10/h4-9,12,14H,1-3H3. The molecule has 14 heavy (non-hydrogen) atoms. The molecule has 0 aliphatic carbocycles. The predicted octanol–water partition coefficient (Wildman–Crippen LogP) is 3.15. The van der Waals surface area contributed by atoms with E-state index >= 15 is 0 Å². The van der Waals surface area contributed by atoms with E-state index in [4.69, 9.17) is 0 Å². The third-order valence-electron chi connectivity index (χ3n) is 2.76. The second-order valence-electron chi connectivity index (χ2n) is 4.10. The van der Waals surface area contributed by atoms with Crippen LogP contribution in [0.4, 0.5) is 4.39 Å². The van der Waals surface area contributed by atoms with Crippen molar-refractivity contribution in [1.82, 2.24) is 0 Å². The first-order valence-corrected chi connectivity index (χ1v) is 4.96. The van der Waals surface area contributed by atoms with Crippen LogP contribution in [0.25, 0.3) is 0 Å². The van der Waals surface area contributed by atoms with E-state index in [-0.39, 0.29) is 11.7 Å². The molecule has 1 aromatic carbocycles. The van der Waals surface area contributed by atoms with Gasteiger partial charge in [0.15, 0.2) is 0 Å². The Kier molecular flexibility index (Phi) is 3.64. The van der Waals surface area contributed by atoms with Crippen LogP contribution >= 0.6 is 0 Å². The van der Waals surface area contributed by atoms with E-state index < -0.39 is 6.10 Å². The van der Waals surface area contributed by atoms with Gasteiger partial charge in [-0.05, 0) is 29.5 Å². The molecular formula is C12H17FO. The number of hydrogen-bond acceptors (Lipinski definition) is 1. The van der Waals surface area contributed by atoms with Gasteiger partial charge in [0.2, 0.25) is 0 Å². The summed E-state index contributed by atoms with van der Waals surface area (Å²) in [7, 11) is 0. The highest BCUT2D eigenvalue weighted by atomic mass is 19.1.